The summed E-state index contributed by atoms with van der Waals surface area (Å²) >= 11 is 0. The van der Waals surface area contributed by atoms with Gasteiger partial charge < -0.3 is 10.1 Å². The normalized spacial score (nSPS) is 15.0. The van der Waals surface area contributed by atoms with Gasteiger partial charge >= 0.3 is 5.97 Å². The van der Waals surface area contributed by atoms with Gasteiger partial charge in [0.05, 0.1) is 7.11 Å². The molecule has 0 radical (unpaired) electrons. The molecule has 1 atom stereocenters. The number of likely N-dealkylation sites (tertiary alicyclic amines) is 1. The number of nitrogens with zero attached hydrogens (tertiary/aromatic N) is 1. The Balaban J connectivity index is 1.23. The highest BCUT2D eigenvalue weighted by Gasteiger charge is 2.32. The van der Waals surface area contributed by atoms with E-state index in [-0.39, 0.29) is 17.9 Å². The molecule has 4 aromatic rings. The number of carbonyl (C=O) groups is 2. The van der Waals surface area contributed by atoms with E-state index < -0.39 is 0 Å². The number of ether oxygens (including phenoxy) is 1. The first-order chi connectivity index (χ1) is 18.6. The van der Waals surface area contributed by atoms with Crippen LogP contribution < -0.4 is 5.32 Å². The smallest absolute Gasteiger partial charge is 0.327 e. The molecule has 5 rings (SSSR count). The minimum Gasteiger partial charge on any atom is -0.468 e. The molecule has 1 saturated heterocycles. The number of piperidine rings is 1. The summed E-state index contributed by atoms with van der Waals surface area (Å²) in [7, 11) is 1.45. The zero-order valence-corrected chi connectivity index (χ0v) is 21.5. The molecule has 1 heterocycles. The second-order valence-electron chi connectivity index (χ2n) is 9.63. The van der Waals surface area contributed by atoms with Crippen LogP contribution in [-0.2, 0) is 9.53 Å². The van der Waals surface area contributed by atoms with Crippen molar-refractivity contribution in [2.45, 2.75) is 24.8 Å². The van der Waals surface area contributed by atoms with Crippen molar-refractivity contribution in [3.63, 3.8) is 0 Å². The van der Waals surface area contributed by atoms with Gasteiger partial charge in [0.1, 0.15) is 6.04 Å². The molecule has 38 heavy (non-hydrogen) atoms. The first-order valence-electron chi connectivity index (χ1n) is 13.1. The summed E-state index contributed by atoms with van der Waals surface area (Å²) in [6.45, 7) is 1.63. The second-order valence-corrected chi connectivity index (χ2v) is 9.63. The van der Waals surface area contributed by atoms with Crippen LogP contribution in [0.2, 0.25) is 0 Å². The van der Waals surface area contributed by atoms with Crippen molar-refractivity contribution >= 4 is 17.6 Å². The first kappa shape index (κ1) is 25.4. The number of methoxy groups -OCH3 is 1. The number of hydrogen-bond donors (Lipinski definition) is 1. The van der Waals surface area contributed by atoms with Crippen LogP contribution in [0.3, 0.4) is 0 Å². The van der Waals surface area contributed by atoms with Gasteiger partial charge in [0.2, 0.25) is 0 Å². The summed E-state index contributed by atoms with van der Waals surface area (Å²) in [5.41, 5.74) is 5.56. The van der Waals surface area contributed by atoms with E-state index in [4.69, 9.17) is 4.74 Å². The van der Waals surface area contributed by atoms with E-state index in [1.54, 1.807) is 0 Å². The molecule has 0 bridgehead atoms. The van der Waals surface area contributed by atoms with E-state index in [9.17, 15) is 9.59 Å². The van der Waals surface area contributed by atoms with Crippen LogP contribution in [0.25, 0.3) is 11.1 Å². The van der Waals surface area contributed by atoms with Crippen LogP contribution in [0.15, 0.2) is 109 Å². The van der Waals surface area contributed by atoms with E-state index in [1.165, 1.54) is 12.7 Å². The van der Waals surface area contributed by atoms with Gasteiger partial charge in [-0.1, -0.05) is 91.0 Å². The van der Waals surface area contributed by atoms with Crippen molar-refractivity contribution in [3.8, 4) is 11.1 Å². The van der Waals surface area contributed by atoms with Crippen molar-refractivity contribution in [2.24, 2.45) is 0 Å². The topological polar surface area (TPSA) is 58.6 Å². The van der Waals surface area contributed by atoms with Crippen LogP contribution in [0, 0.1) is 0 Å². The summed E-state index contributed by atoms with van der Waals surface area (Å²) in [6.07, 6.45) is 1.91. The van der Waals surface area contributed by atoms with Gasteiger partial charge in [-0.05, 0) is 72.3 Å². The maximum Gasteiger partial charge on any atom is 0.327 e. The molecule has 5 nitrogen and oxygen atoms in total. The molecule has 5 heteroatoms. The predicted octanol–water partition coefficient (Wildman–Crippen LogP) is 6.70. The number of anilines is 1. The number of amides is 1. The fraction of sp³-hybridized carbons (Fsp3) is 0.212. The van der Waals surface area contributed by atoms with Crippen LogP contribution >= 0.6 is 0 Å². The monoisotopic (exact) mass is 504 g/mol. The van der Waals surface area contributed by atoms with Gasteiger partial charge in [0, 0.05) is 11.3 Å². The summed E-state index contributed by atoms with van der Waals surface area (Å²) in [5.74, 6) is 0.0627. The molecule has 1 aliphatic heterocycles. The number of rotatable bonds is 7. The van der Waals surface area contributed by atoms with E-state index in [1.807, 2.05) is 97.1 Å². The second kappa shape index (κ2) is 11.9. The average Bonchev–Trinajstić information content (AvgIpc) is 2.99. The van der Waals surface area contributed by atoms with E-state index in [0.29, 0.717) is 11.5 Å². The highest BCUT2D eigenvalue weighted by Crippen LogP contribution is 2.33. The summed E-state index contributed by atoms with van der Waals surface area (Å²) in [4.78, 5) is 28.0. The number of esters is 1. The Morgan fingerprint density at radius 1 is 0.789 bits per heavy atom. The van der Waals surface area contributed by atoms with Gasteiger partial charge in [0.15, 0.2) is 0 Å². The highest BCUT2D eigenvalue weighted by molar-refractivity contribution is 6.08. The van der Waals surface area contributed by atoms with Gasteiger partial charge in [-0.25, -0.2) is 4.79 Å². The van der Waals surface area contributed by atoms with Crippen LogP contribution in [0.4, 0.5) is 5.69 Å². The molecule has 4 aromatic carbocycles. The van der Waals surface area contributed by atoms with E-state index in [0.717, 1.165) is 48.3 Å². The minimum absolute atomic E-state index is 0.125. The molecule has 1 unspecified atom stereocenters. The molecule has 1 fully saturated rings. The average molecular weight is 505 g/mol. The lowest BCUT2D eigenvalue weighted by Gasteiger charge is -2.36. The Morgan fingerprint density at radius 2 is 1.39 bits per heavy atom. The SMILES string of the molecule is COC(=O)C(c1ccccc1)N1CCC(c2ccc(NC(=O)c3ccccc3-c3ccccc3)cc2)CC1. The standard InChI is InChI=1S/C33H32N2O3/c1-38-33(37)31(27-12-6-3-7-13-27)35-22-20-25(21-23-35)24-16-18-28(19-17-24)34-32(36)30-15-9-8-14-29(30)26-10-4-2-5-11-26/h2-19,25,31H,20-23H2,1H3,(H,34,36). The molecular weight excluding hydrogens is 472 g/mol. The van der Waals surface area contributed by atoms with Gasteiger partial charge in [-0.15, -0.1) is 0 Å². The van der Waals surface area contributed by atoms with Crippen molar-refractivity contribution in [1.29, 1.82) is 0 Å². The molecule has 1 amide bonds. The Bertz CT molecular complexity index is 1360. The number of carbonyl (C=O) groups excluding carboxylic acids is 2. The molecule has 1 aliphatic rings. The van der Waals surface area contributed by atoms with Gasteiger partial charge in [-0.2, -0.15) is 0 Å². The van der Waals surface area contributed by atoms with Gasteiger partial charge in [-0.3, -0.25) is 9.69 Å². The fourth-order valence-corrected chi connectivity index (χ4v) is 5.32. The Morgan fingerprint density at radius 3 is 2.05 bits per heavy atom. The summed E-state index contributed by atoms with van der Waals surface area (Å²) in [5, 5.41) is 3.06. The minimum atomic E-state index is -0.376. The van der Waals surface area contributed by atoms with E-state index in [2.05, 4.69) is 22.3 Å². The molecule has 1 N–H and O–H groups in total. The lowest BCUT2D eigenvalue weighted by Crippen LogP contribution is -2.40. The predicted molar refractivity (Wildman–Crippen MR) is 151 cm³/mol. The highest BCUT2D eigenvalue weighted by atomic mass is 16.5. The van der Waals surface area contributed by atoms with Gasteiger partial charge in [0.25, 0.3) is 5.91 Å². The van der Waals surface area contributed by atoms with Crippen molar-refractivity contribution < 1.29 is 14.3 Å². The third-order valence-electron chi connectivity index (χ3n) is 7.33. The lowest BCUT2D eigenvalue weighted by atomic mass is 9.88. The van der Waals surface area contributed by atoms with Crippen molar-refractivity contribution in [2.75, 3.05) is 25.5 Å². The quantitative estimate of drug-likeness (QED) is 0.285. The summed E-state index contributed by atoms with van der Waals surface area (Å²) < 4.78 is 5.13. The van der Waals surface area contributed by atoms with Crippen LogP contribution in [0.1, 0.15) is 46.3 Å². The Kier molecular flexibility index (Phi) is 7.95. The zero-order valence-electron chi connectivity index (χ0n) is 21.5. The van der Waals surface area contributed by atoms with Crippen molar-refractivity contribution in [1.82, 2.24) is 4.90 Å². The third-order valence-corrected chi connectivity index (χ3v) is 7.33. The van der Waals surface area contributed by atoms with Crippen molar-refractivity contribution in [3.05, 3.63) is 126 Å². The van der Waals surface area contributed by atoms with Crippen LogP contribution in [0.5, 0.6) is 0 Å². The third kappa shape index (κ3) is 5.68. The largest absolute Gasteiger partial charge is 0.468 e. The summed E-state index contributed by atoms with van der Waals surface area (Å²) in [6, 6.07) is 35.3. The molecule has 0 aliphatic carbocycles. The van der Waals surface area contributed by atoms with Crippen LogP contribution in [-0.4, -0.2) is 37.0 Å². The lowest BCUT2D eigenvalue weighted by molar-refractivity contribution is -0.147. The molecule has 0 saturated carbocycles. The number of benzene rings is 4. The Hall–Kier alpha value is -4.22. The molecular formula is C33H32N2O3. The molecule has 0 spiro atoms. The fourth-order valence-electron chi connectivity index (χ4n) is 5.32. The zero-order chi connectivity index (χ0) is 26.3. The van der Waals surface area contributed by atoms with E-state index >= 15 is 0 Å². The number of hydrogen-bond acceptors (Lipinski definition) is 4. The Labute approximate surface area is 224 Å². The molecule has 192 valence electrons. The first-order valence-corrected chi connectivity index (χ1v) is 13.1. The molecule has 0 aromatic heterocycles. The maximum atomic E-state index is 13.1. The maximum absolute atomic E-state index is 13.1. The number of nitrogens with one attached hydrogen (secondary N) is 1.